The molecule has 0 spiro atoms. The van der Waals surface area contributed by atoms with Crippen LogP contribution in [-0.2, 0) is 4.74 Å². The van der Waals surface area contributed by atoms with E-state index in [0.717, 1.165) is 16.9 Å². The van der Waals surface area contributed by atoms with Crippen molar-refractivity contribution >= 4 is 11.7 Å². The molecular weight excluding hydrogens is 266 g/mol. The maximum atomic E-state index is 11.3. The number of nitrogens with one attached hydrogen (secondary N) is 1. The Labute approximate surface area is 123 Å². The lowest BCUT2D eigenvalue weighted by Crippen LogP contribution is -2.01. The Morgan fingerprint density at radius 1 is 1.29 bits per heavy atom. The lowest BCUT2D eigenvalue weighted by molar-refractivity contribution is 0.0600. The van der Waals surface area contributed by atoms with Gasteiger partial charge in [-0.1, -0.05) is 12.1 Å². The number of methoxy groups -OCH3 is 1. The van der Waals surface area contributed by atoms with Gasteiger partial charge in [-0.2, -0.15) is 5.26 Å². The van der Waals surface area contributed by atoms with Crippen LogP contribution >= 0.6 is 0 Å². The van der Waals surface area contributed by atoms with Crippen molar-refractivity contribution in [3.8, 4) is 17.3 Å². The van der Waals surface area contributed by atoms with E-state index in [1.165, 1.54) is 13.3 Å². The Morgan fingerprint density at radius 2 is 2.05 bits per heavy atom. The van der Waals surface area contributed by atoms with Gasteiger partial charge in [-0.05, 0) is 24.3 Å². The molecule has 0 fully saturated rings. The van der Waals surface area contributed by atoms with E-state index in [1.54, 1.807) is 12.1 Å². The van der Waals surface area contributed by atoms with Crippen LogP contribution in [0.5, 0.6) is 0 Å². The Bertz CT molecular complexity index is 643. The van der Waals surface area contributed by atoms with Gasteiger partial charge in [0.25, 0.3) is 0 Å². The van der Waals surface area contributed by atoms with Gasteiger partial charge in [0.2, 0.25) is 0 Å². The van der Waals surface area contributed by atoms with E-state index in [2.05, 4.69) is 21.1 Å². The van der Waals surface area contributed by atoms with Crippen LogP contribution in [0.3, 0.4) is 0 Å². The summed E-state index contributed by atoms with van der Waals surface area (Å²) >= 11 is 0. The van der Waals surface area contributed by atoms with Crippen LogP contribution in [0.25, 0.3) is 11.3 Å². The number of pyridine rings is 1. The topological polar surface area (TPSA) is 75.0 Å². The van der Waals surface area contributed by atoms with Crippen molar-refractivity contribution in [2.75, 3.05) is 19.0 Å². The first-order valence-electron chi connectivity index (χ1n) is 6.50. The Hall–Kier alpha value is -2.87. The third-order valence-corrected chi connectivity index (χ3v) is 2.93. The number of nitrogens with zero attached hydrogens (tertiary/aromatic N) is 2. The number of hydrogen-bond acceptors (Lipinski definition) is 5. The monoisotopic (exact) mass is 281 g/mol. The van der Waals surface area contributed by atoms with E-state index in [0.29, 0.717) is 18.5 Å². The second-order valence-corrected chi connectivity index (χ2v) is 4.34. The molecular formula is C16H15N3O2. The second kappa shape index (κ2) is 7.06. The van der Waals surface area contributed by atoms with E-state index in [9.17, 15) is 4.79 Å². The summed E-state index contributed by atoms with van der Waals surface area (Å²) < 4.78 is 4.63. The van der Waals surface area contributed by atoms with E-state index in [-0.39, 0.29) is 0 Å². The van der Waals surface area contributed by atoms with Gasteiger partial charge in [-0.15, -0.1) is 0 Å². The highest BCUT2D eigenvalue weighted by molar-refractivity contribution is 5.89. The number of carbonyl (C=O) groups is 1. The van der Waals surface area contributed by atoms with Crippen molar-refractivity contribution in [1.29, 1.82) is 5.26 Å². The number of benzene rings is 1. The fourth-order valence-corrected chi connectivity index (χ4v) is 1.82. The fourth-order valence-electron chi connectivity index (χ4n) is 1.82. The standard InChI is InChI=1S/C16H15N3O2/c1-21-16(20)13-5-8-15(19-11-13)12-3-6-14(7-4-12)18-10-2-9-17/h3-8,11,18H,2,10H2,1H3. The molecule has 21 heavy (non-hydrogen) atoms. The van der Waals surface area contributed by atoms with Crippen LogP contribution in [0.15, 0.2) is 42.6 Å². The highest BCUT2D eigenvalue weighted by Crippen LogP contribution is 2.19. The van der Waals surface area contributed by atoms with E-state index in [4.69, 9.17) is 5.26 Å². The van der Waals surface area contributed by atoms with Crippen molar-refractivity contribution < 1.29 is 9.53 Å². The first kappa shape index (κ1) is 14.5. The Balaban J connectivity index is 2.08. The summed E-state index contributed by atoms with van der Waals surface area (Å²) in [4.78, 5) is 15.6. The van der Waals surface area contributed by atoms with Gasteiger partial charge in [0, 0.05) is 24.0 Å². The predicted octanol–water partition coefficient (Wildman–Crippen LogP) is 2.86. The summed E-state index contributed by atoms with van der Waals surface area (Å²) in [6.07, 6.45) is 1.97. The zero-order valence-corrected chi connectivity index (χ0v) is 11.7. The minimum absolute atomic E-state index is 0.397. The van der Waals surface area contributed by atoms with Crippen molar-refractivity contribution in [3.05, 3.63) is 48.2 Å². The molecule has 5 heteroatoms. The largest absolute Gasteiger partial charge is 0.465 e. The van der Waals surface area contributed by atoms with Gasteiger partial charge >= 0.3 is 5.97 Å². The van der Waals surface area contributed by atoms with Crippen LogP contribution in [0.1, 0.15) is 16.8 Å². The maximum absolute atomic E-state index is 11.3. The van der Waals surface area contributed by atoms with Gasteiger partial charge in [0.15, 0.2) is 0 Å². The molecule has 0 aliphatic carbocycles. The summed E-state index contributed by atoms with van der Waals surface area (Å²) in [5.41, 5.74) is 3.12. The number of nitriles is 1. The number of anilines is 1. The van der Waals surface area contributed by atoms with Crippen LogP contribution in [-0.4, -0.2) is 24.6 Å². The first-order chi connectivity index (χ1) is 10.2. The molecule has 0 bridgehead atoms. The molecule has 5 nitrogen and oxygen atoms in total. The third kappa shape index (κ3) is 3.80. The van der Waals surface area contributed by atoms with Crippen LogP contribution in [0, 0.1) is 11.3 Å². The molecule has 1 heterocycles. The Kier molecular flexibility index (Phi) is 4.89. The highest BCUT2D eigenvalue weighted by atomic mass is 16.5. The molecule has 1 N–H and O–H groups in total. The Morgan fingerprint density at radius 3 is 2.62 bits per heavy atom. The molecule has 0 atom stereocenters. The van der Waals surface area contributed by atoms with Crippen molar-refractivity contribution in [2.45, 2.75) is 6.42 Å². The zero-order valence-electron chi connectivity index (χ0n) is 11.7. The number of carbonyl (C=O) groups excluding carboxylic acids is 1. The summed E-state index contributed by atoms with van der Waals surface area (Å²) in [5, 5.41) is 11.6. The van der Waals surface area contributed by atoms with E-state index < -0.39 is 5.97 Å². The summed E-state index contributed by atoms with van der Waals surface area (Å²) in [7, 11) is 1.34. The molecule has 1 aromatic heterocycles. The van der Waals surface area contributed by atoms with Crippen molar-refractivity contribution in [3.63, 3.8) is 0 Å². The summed E-state index contributed by atoms with van der Waals surface area (Å²) in [5.74, 6) is -0.397. The first-order valence-corrected chi connectivity index (χ1v) is 6.50. The zero-order chi connectivity index (χ0) is 15.1. The molecule has 0 unspecified atom stereocenters. The van der Waals surface area contributed by atoms with Crippen molar-refractivity contribution in [1.82, 2.24) is 4.98 Å². The van der Waals surface area contributed by atoms with Gasteiger partial charge in [0.1, 0.15) is 0 Å². The molecule has 2 aromatic rings. The molecule has 0 saturated heterocycles. The average molecular weight is 281 g/mol. The summed E-state index contributed by atoms with van der Waals surface area (Å²) in [6.45, 7) is 0.627. The maximum Gasteiger partial charge on any atom is 0.339 e. The third-order valence-electron chi connectivity index (χ3n) is 2.93. The quantitative estimate of drug-likeness (QED) is 0.673. The predicted molar refractivity (Wildman–Crippen MR) is 79.7 cm³/mol. The second-order valence-electron chi connectivity index (χ2n) is 4.34. The van der Waals surface area contributed by atoms with E-state index >= 15 is 0 Å². The van der Waals surface area contributed by atoms with Gasteiger partial charge in [-0.25, -0.2) is 4.79 Å². The number of esters is 1. The number of aromatic nitrogens is 1. The average Bonchev–Trinajstić information content (AvgIpc) is 2.55. The lowest BCUT2D eigenvalue weighted by atomic mass is 10.1. The molecule has 106 valence electrons. The van der Waals surface area contributed by atoms with Gasteiger partial charge in [-0.3, -0.25) is 4.98 Å². The lowest BCUT2D eigenvalue weighted by Gasteiger charge is -2.06. The molecule has 2 rings (SSSR count). The van der Waals surface area contributed by atoms with Gasteiger partial charge < -0.3 is 10.1 Å². The van der Waals surface area contributed by atoms with Crippen LogP contribution < -0.4 is 5.32 Å². The minimum Gasteiger partial charge on any atom is -0.465 e. The smallest absolute Gasteiger partial charge is 0.339 e. The number of ether oxygens (including phenoxy) is 1. The number of hydrogen-bond donors (Lipinski definition) is 1. The van der Waals surface area contributed by atoms with Crippen LogP contribution in [0.4, 0.5) is 5.69 Å². The van der Waals surface area contributed by atoms with E-state index in [1.807, 2.05) is 24.3 Å². The molecule has 0 aliphatic heterocycles. The minimum atomic E-state index is -0.397. The molecule has 1 aromatic carbocycles. The molecule has 0 saturated carbocycles. The fraction of sp³-hybridized carbons (Fsp3) is 0.188. The van der Waals surface area contributed by atoms with Crippen LogP contribution in [0.2, 0.25) is 0 Å². The molecule has 0 aliphatic rings. The SMILES string of the molecule is COC(=O)c1ccc(-c2ccc(NCCC#N)cc2)nc1. The molecule has 0 radical (unpaired) electrons. The van der Waals surface area contributed by atoms with Crippen molar-refractivity contribution in [2.24, 2.45) is 0 Å². The molecule has 0 amide bonds. The summed E-state index contributed by atoms with van der Waals surface area (Å²) in [6, 6.07) is 13.3. The highest BCUT2D eigenvalue weighted by Gasteiger charge is 2.06. The number of rotatable bonds is 5. The normalized spacial score (nSPS) is 9.71. The van der Waals surface area contributed by atoms with Gasteiger partial charge in [0.05, 0.1) is 30.9 Å².